The highest BCUT2D eigenvalue weighted by molar-refractivity contribution is 6.35. The Morgan fingerprint density at radius 2 is 1.82 bits per heavy atom. The SMILES string of the molecule is CCOc1cc(/C=C2\C(=O)N(c3ccc(C(=O)OC)cc3)N=C2C)c(Cl)cc1OCC(=O)O. The maximum Gasteiger partial charge on any atom is 0.341 e. The van der Waals surface area contributed by atoms with Crippen LogP contribution in [0.2, 0.25) is 5.02 Å². The van der Waals surface area contributed by atoms with Gasteiger partial charge in [-0.3, -0.25) is 4.79 Å². The van der Waals surface area contributed by atoms with Crippen LogP contribution in [0.25, 0.3) is 6.08 Å². The van der Waals surface area contributed by atoms with Crippen molar-refractivity contribution >= 4 is 46.9 Å². The Morgan fingerprint density at radius 3 is 2.42 bits per heavy atom. The highest BCUT2D eigenvalue weighted by atomic mass is 35.5. The second-order valence-corrected chi connectivity index (χ2v) is 7.24. The van der Waals surface area contributed by atoms with Crippen molar-refractivity contribution < 1.29 is 33.7 Å². The maximum atomic E-state index is 13.0. The second-order valence-electron chi connectivity index (χ2n) is 6.83. The Bertz CT molecular complexity index is 1160. The summed E-state index contributed by atoms with van der Waals surface area (Å²) in [6, 6.07) is 9.29. The van der Waals surface area contributed by atoms with Gasteiger partial charge in [0.2, 0.25) is 0 Å². The highest BCUT2D eigenvalue weighted by Crippen LogP contribution is 2.36. The molecule has 3 rings (SSSR count). The van der Waals surface area contributed by atoms with E-state index in [0.29, 0.717) is 40.5 Å². The molecule has 0 saturated carbocycles. The van der Waals surface area contributed by atoms with E-state index < -0.39 is 18.5 Å². The van der Waals surface area contributed by atoms with Gasteiger partial charge < -0.3 is 19.3 Å². The monoisotopic (exact) mass is 472 g/mol. The van der Waals surface area contributed by atoms with Gasteiger partial charge in [0.25, 0.3) is 5.91 Å². The van der Waals surface area contributed by atoms with Crippen LogP contribution in [0.15, 0.2) is 47.1 Å². The predicted octanol–water partition coefficient (Wildman–Crippen LogP) is 3.79. The number of nitrogens with zero attached hydrogens (tertiary/aromatic N) is 2. The summed E-state index contributed by atoms with van der Waals surface area (Å²) in [5, 5.41) is 14.6. The maximum absolute atomic E-state index is 13.0. The number of hydrazone groups is 1. The van der Waals surface area contributed by atoms with Crippen LogP contribution in [0.1, 0.15) is 29.8 Å². The standard InChI is InChI=1S/C23H21ClN2O7/c1-4-32-19-10-15(18(24)11-20(19)33-12-21(27)28)9-17-13(2)25-26(22(17)29)16-7-5-14(6-8-16)23(30)31-3/h5-11H,4,12H2,1-3H3,(H,27,28)/b17-9-. The first-order valence-corrected chi connectivity index (χ1v) is 10.2. The highest BCUT2D eigenvalue weighted by Gasteiger charge is 2.29. The summed E-state index contributed by atoms with van der Waals surface area (Å²) in [4.78, 5) is 35.5. The molecule has 1 N–H and O–H groups in total. The zero-order valence-corrected chi connectivity index (χ0v) is 18.9. The number of amides is 1. The second kappa shape index (κ2) is 10.2. The topological polar surface area (TPSA) is 115 Å². The number of ether oxygens (including phenoxy) is 3. The number of halogens is 1. The number of carboxylic acid groups (broad SMARTS) is 1. The molecule has 1 aliphatic rings. The lowest BCUT2D eigenvalue weighted by molar-refractivity contribution is -0.139. The summed E-state index contributed by atoms with van der Waals surface area (Å²) >= 11 is 6.37. The summed E-state index contributed by atoms with van der Waals surface area (Å²) < 4.78 is 15.5. The van der Waals surface area contributed by atoms with Crippen molar-refractivity contribution in [3.05, 3.63) is 58.1 Å². The van der Waals surface area contributed by atoms with Crippen molar-refractivity contribution in [2.45, 2.75) is 13.8 Å². The molecule has 2 aromatic carbocycles. The molecule has 0 aliphatic carbocycles. The average Bonchev–Trinajstić information content (AvgIpc) is 3.08. The first-order valence-electron chi connectivity index (χ1n) is 9.86. The largest absolute Gasteiger partial charge is 0.490 e. The molecule has 1 heterocycles. The van der Waals surface area contributed by atoms with E-state index in [4.69, 9.17) is 26.2 Å². The van der Waals surface area contributed by atoms with Gasteiger partial charge in [-0.05, 0) is 55.8 Å². The number of methoxy groups -OCH3 is 1. The van der Waals surface area contributed by atoms with Crippen LogP contribution >= 0.6 is 11.6 Å². The van der Waals surface area contributed by atoms with E-state index in [1.165, 1.54) is 18.2 Å². The fraction of sp³-hybridized carbons (Fsp3) is 0.217. The van der Waals surface area contributed by atoms with Gasteiger partial charge >= 0.3 is 11.9 Å². The molecule has 0 bridgehead atoms. The first kappa shape index (κ1) is 23.8. The van der Waals surface area contributed by atoms with Gasteiger partial charge in [0.1, 0.15) is 0 Å². The van der Waals surface area contributed by atoms with Crippen LogP contribution in [0.5, 0.6) is 11.5 Å². The quantitative estimate of drug-likeness (QED) is 0.459. The molecule has 0 aromatic heterocycles. The lowest BCUT2D eigenvalue weighted by Crippen LogP contribution is -2.21. The minimum Gasteiger partial charge on any atom is -0.490 e. The molecule has 9 nitrogen and oxygen atoms in total. The number of hydrogen-bond donors (Lipinski definition) is 1. The molecule has 0 saturated heterocycles. The predicted molar refractivity (Wildman–Crippen MR) is 122 cm³/mol. The van der Waals surface area contributed by atoms with Crippen molar-refractivity contribution in [2.24, 2.45) is 5.10 Å². The number of rotatable bonds is 8. The molecule has 0 fully saturated rings. The minimum atomic E-state index is -1.14. The fourth-order valence-electron chi connectivity index (χ4n) is 3.05. The normalized spacial score (nSPS) is 14.3. The van der Waals surface area contributed by atoms with Crippen molar-refractivity contribution in [3.8, 4) is 11.5 Å². The Morgan fingerprint density at radius 1 is 1.15 bits per heavy atom. The third-order valence-electron chi connectivity index (χ3n) is 4.61. The molecule has 172 valence electrons. The van der Waals surface area contributed by atoms with Crippen LogP contribution in [-0.2, 0) is 14.3 Å². The van der Waals surface area contributed by atoms with Crippen LogP contribution < -0.4 is 14.5 Å². The number of esters is 1. The summed E-state index contributed by atoms with van der Waals surface area (Å²) in [6.45, 7) is 3.23. The van der Waals surface area contributed by atoms with Gasteiger partial charge in [0, 0.05) is 6.07 Å². The zero-order valence-electron chi connectivity index (χ0n) is 18.1. The number of hydrogen-bond acceptors (Lipinski definition) is 7. The molecular weight excluding hydrogens is 452 g/mol. The third kappa shape index (κ3) is 5.32. The Balaban J connectivity index is 1.91. The fourth-order valence-corrected chi connectivity index (χ4v) is 3.26. The Kier molecular flexibility index (Phi) is 7.34. The van der Waals surface area contributed by atoms with Crippen LogP contribution in [0, 0.1) is 0 Å². The number of anilines is 1. The van der Waals surface area contributed by atoms with E-state index in [2.05, 4.69) is 9.84 Å². The molecule has 10 heteroatoms. The number of benzene rings is 2. The van der Waals surface area contributed by atoms with Gasteiger partial charge in [-0.25, -0.2) is 9.59 Å². The number of carbonyl (C=O) groups is 3. The van der Waals surface area contributed by atoms with E-state index in [0.717, 1.165) is 0 Å². The van der Waals surface area contributed by atoms with E-state index in [-0.39, 0.29) is 16.7 Å². The molecule has 0 radical (unpaired) electrons. The smallest absolute Gasteiger partial charge is 0.341 e. The van der Waals surface area contributed by atoms with Gasteiger partial charge in [-0.15, -0.1) is 0 Å². The molecule has 0 unspecified atom stereocenters. The van der Waals surface area contributed by atoms with Crippen molar-refractivity contribution in [2.75, 3.05) is 25.3 Å². The summed E-state index contributed by atoms with van der Waals surface area (Å²) in [5.41, 5.74) is 2.09. The minimum absolute atomic E-state index is 0.182. The van der Waals surface area contributed by atoms with Gasteiger partial charge in [-0.1, -0.05) is 11.6 Å². The number of carboxylic acids is 1. The molecule has 0 atom stereocenters. The third-order valence-corrected chi connectivity index (χ3v) is 4.94. The average molecular weight is 473 g/mol. The van der Waals surface area contributed by atoms with Crippen molar-refractivity contribution in [1.82, 2.24) is 0 Å². The molecule has 33 heavy (non-hydrogen) atoms. The molecule has 1 amide bonds. The Labute approximate surface area is 194 Å². The van der Waals surface area contributed by atoms with Gasteiger partial charge in [-0.2, -0.15) is 10.1 Å². The van der Waals surface area contributed by atoms with E-state index in [9.17, 15) is 14.4 Å². The zero-order chi connectivity index (χ0) is 24.1. The first-order chi connectivity index (χ1) is 15.7. The van der Waals surface area contributed by atoms with E-state index in [1.54, 1.807) is 50.3 Å². The lowest BCUT2D eigenvalue weighted by atomic mass is 10.1. The number of aliphatic carboxylic acids is 1. The lowest BCUT2D eigenvalue weighted by Gasteiger charge is -2.13. The summed E-state index contributed by atoms with van der Waals surface area (Å²) in [7, 11) is 1.29. The van der Waals surface area contributed by atoms with Crippen LogP contribution in [0.4, 0.5) is 5.69 Å². The van der Waals surface area contributed by atoms with E-state index in [1.807, 2.05) is 0 Å². The summed E-state index contributed by atoms with van der Waals surface area (Å²) in [6.07, 6.45) is 1.58. The molecule has 2 aromatic rings. The van der Waals surface area contributed by atoms with Crippen LogP contribution in [-0.4, -0.2) is 49.0 Å². The van der Waals surface area contributed by atoms with Gasteiger partial charge in [0.15, 0.2) is 18.1 Å². The number of carbonyl (C=O) groups excluding carboxylic acids is 2. The van der Waals surface area contributed by atoms with Crippen LogP contribution in [0.3, 0.4) is 0 Å². The van der Waals surface area contributed by atoms with Crippen molar-refractivity contribution in [3.63, 3.8) is 0 Å². The summed E-state index contributed by atoms with van der Waals surface area (Å²) in [5.74, 6) is -1.52. The molecular formula is C23H21ClN2O7. The molecule has 0 spiro atoms. The Hall–Kier alpha value is -3.85. The van der Waals surface area contributed by atoms with Gasteiger partial charge in [0.05, 0.1) is 41.3 Å². The van der Waals surface area contributed by atoms with E-state index >= 15 is 0 Å². The molecule has 1 aliphatic heterocycles. The van der Waals surface area contributed by atoms with Crippen molar-refractivity contribution in [1.29, 1.82) is 0 Å².